The lowest BCUT2D eigenvalue weighted by atomic mass is 10.2. The summed E-state index contributed by atoms with van der Waals surface area (Å²) < 4.78 is 0. The van der Waals surface area contributed by atoms with E-state index in [1.54, 1.807) is 6.08 Å². The highest BCUT2D eigenvalue weighted by molar-refractivity contribution is 5.91. The molecule has 108 valence electrons. The van der Waals surface area contributed by atoms with Gasteiger partial charge >= 0.3 is 0 Å². The fourth-order valence-corrected chi connectivity index (χ4v) is 2.18. The van der Waals surface area contributed by atoms with Crippen LogP contribution >= 0.6 is 0 Å². The summed E-state index contributed by atoms with van der Waals surface area (Å²) >= 11 is 0. The Morgan fingerprint density at radius 1 is 1.10 bits per heavy atom. The van der Waals surface area contributed by atoms with Crippen molar-refractivity contribution in [2.24, 2.45) is 0 Å². The van der Waals surface area contributed by atoms with Crippen LogP contribution < -0.4 is 4.90 Å². The molecule has 1 saturated heterocycles. The van der Waals surface area contributed by atoms with Crippen molar-refractivity contribution in [3.8, 4) is 0 Å². The average molecular weight is 273 g/mol. The minimum absolute atomic E-state index is 0.106. The second-order valence-corrected chi connectivity index (χ2v) is 5.45. The Balaban J connectivity index is 1.93. The number of hydrogen-bond donors (Lipinski definition) is 0. The second-order valence-electron chi connectivity index (χ2n) is 5.45. The summed E-state index contributed by atoms with van der Waals surface area (Å²) in [7, 11) is 6.12. The summed E-state index contributed by atoms with van der Waals surface area (Å²) in [4.78, 5) is 18.3. The molecule has 1 fully saturated rings. The van der Waals surface area contributed by atoms with E-state index in [4.69, 9.17) is 0 Å². The van der Waals surface area contributed by atoms with Gasteiger partial charge in [0.05, 0.1) is 0 Å². The molecule has 1 amide bonds. The molecule has 0 saturated carbocycles. The second kappa shape index (κ2) is 6.57. The molecule has 0 spiro atoms. The highest BCUT2D eigenvalue weighted by Gasteiger charge is 2.16. The highest BCUT2D eigenvalue weighted by atomic mass is 16.2. The van der Waals surface area contributed by atoms with Crippen LogP contribution in [0.15, 0.2) is 30.3 Å². The molecule has 0 aliphatic carbocycles. The summed E-state index contributed by atoms with van der Waals surface area (Å²) in [5.41, 5.74) is 2.21. The summed E-state index contributed by atoms with van der Waals surface area (Å²) in [6, 6.07) is 8.17. The fraction of sp³-hybridized carbons (Fsp3) is 0.438. The lowest BCUT2D eigenvalue weighted by Gasteiger charge is -2.31. The maximum Gasteiger partial charge on any atom is 0.246 e. The number of anilines is 1. The monoisotopic (exact) mass is 273 g/mol. The van der Waals surface area contributed by atoms with E-state index < -0.39 is 0 Å². The van der Waals surface area contributed by atoms with Gasteiger partial charge in [0.1, 0.15) is 0 Å². The topological polar surface area (TPSA) is 26.8 Å². The van der Waals surface area contributed by atoms with Crippen molar-refractivity contribution < 1.29 is 4.79 Å². The first kappa shape index (κ1) is 14.6. The molecule has 0 N–H and O–H groups in total. The Kier molecular flexibility index (Phi) is 4.79. The summed E-state index contributed by atoms with van der Waals surface area (Å²) in [6.45, 7) is 3.55. The fourth-order valence-electron chi connectivity index (χ4n) is 2.18. The number of nitrogens with zero attached hydrogens (tertiary/aromatic N) is 3. The van der Waals surface area contributed by atoms with E-state index in [0.717, 1.165) is 37.4 Å². The van der Waals surface area contributed by atoms with Crippen LogP contribution in [0.5, 0.6) is 0 Å². The van der Waals surface area contributed by atoms with Crippen LogP contribution in [0.4, 0.5) is 5.69 Å². The highest BCUT2D eigenvalue weighted by Crippen LogP contribution is 2.13. The molecular formula is C16H23N3O. The Bertz CT molecular complexity index is 471. The molecule has 4 heteroatoms. The maximum absolute atomic E-state index is 12.1. The molecular weight excluding hydrogens is 250 g/mol. The summed E-state index contributed by atoms with van der Waals surface area (Å²) in [5, 5.41) is 0. The van der Waals surface area contributed by atoms with Crippen LogP contribution in [0, 0.1) is 0 Å². The van der Waals surface area contributed by atoms with E-state index in [-0.39, 0.29) is 5.91 Å². The minimum atomic E-state index is 0.106. The van der Waals surface area contributed by atoms with Gasteiger partial charge in [0.25, 0.3) is 0 Å². The Morgan fingerprint density at radius 2 is 1.70 bits per heavy atom. The van der Waals surface area contributed by atoms with Gasteiger partial charge in [-0.05, 0) is 30.8 Å². The Morgan fingerprint density at radius 3 is 2.25 bits per heavy atom. The van der Waals surface area contributed by atoms with Crippen LogP contribution in [0.25, 0.3) is 6.08 Å². The zero-order valence-electron chi connectivity index (χ0n) is 12.5. The number of benzene rings is 1. The minimum Gasteiger partial charge on any atom is -0.378 e. The van der Waals surface area contributed by atoms with Crippen LogP contribution in [0.3, 0.4) is 0 Å². The van der Waals surface area contributed by atoms with Crippen molar-refractivity contribution in [2.75, 3.05) is 52.2 Å². The third-order valence-electron chi connectivity index (χ3n) is 3.64. The van der Waals surface area contributed by atoms with Gasteiger partial charge in [0, 0.05) is 52.0 Å². The van der Waals surface area contributed by atoms with Gasteiger partial charge < -0.3 is 14.7 Å². The molecule has 1 aliphatic heterocycles. The third kappa shape index (κ3) is 3.84. The zero-order chi connectivity index (χ0) is 14.5. The van der Waals surface area contributed by atoms with E-state index in [1.165, 1.54) is 0 Å². The predicted octanol–water partition coefficient (Wildman–Crippen LogP) is 1.54. The van der Waals surface area contributed by atoms with Gasteiger partial charge in [0.2, 0.25) is 5.91 Å². The van der Waals surface area contributed by atoms with Crippen molar-refractivity contribution in [1.82, 2.24) is 9.80 Å². The van der Waals surface area contributed by atoms with E-state index in [0.29, 0.717) is 0 Å². The number of likely N-dealkylation sites (N-methyl/N-ethyl adjacent to an activating group) is 1. The maximum atomic E-state index is 12.1. The quantitative estimate of drug-likeness (QED) is 0.782. The number of carbonyl (C=O) groups is 1. The van der Waals surface area contributed by atoms with Crippen molar-refractivity contribution in [3.63, 3.8) is 0 Å². The molecule has 20 heavy (non-hydrogen) atoms. The average Bonchev–Trinajstić information content (AvgIpc) is 2.46. The van der Waals surface area contributed by atoms with Crippen LogP contribution in [0.2, 0.25) is 0 Å². The lowest BCUT2D eigenvalue weighted by Crippen LogP contribution is -2.46. The first-order chi connectivity index (χ1) is 9.56. The van der Waals surface area contributed by atoms with E-state index in [1.807, 2.05) is 37.2 Å². The third-order valence-corrected chi connectivity index (χ3v) is 3.64. The molecule has 1 heterocycles. The zero-order valence-corrected chi connectivity index (χ0v) is 12.5. The first-order valence-electron chi connectivity index (χ1n) is 6.99. The van der Waals surface area contributed by atoms with Crippen molar-refractivity contribution in [3.05, 3.63) is 35.9 Å². The van der Waals surface area contributed by atoms with Crippen LogP contribution in [-0.4, -0.2) is 63.0 Å². The number of rotatable bonds is 3. The molecule has 2 rings (SSSR count). The van der Waals surface area contributed by atoms with E-state index >= 15 is 0 Å². The van der Waals surface area contributed by atoms with Gasteiger partial charge in [0.15, 0.2) is 0 Å². The first-order valence-corrected chi connectivity index (χ1v) is 6.99. The molecule has 1 aromatic carbocycles. The predicted molar refractivity (Wildman–Crippen MR) is 83.9 cm³/mol. The Labute approximate surface area is 121 Å². The van der Waals surface area contributed by atoms with Crippen LogP contribution in [0.1, 0.15) is 5.56 Å². The van der Waals surface area contributed by atoms with Crippen molar-refractivity contribution in [2.45, 2.75) is 0 Å². The molecule has 4 nitrogen and oxygen atoms in total. The molecule has 0 unspecified atom stereocenters. The van der Waals surface area contributed by atoms with E-state index in [2.05, 4.69) is 29.0 Å². The number of piperazine rings is 1. The van der Waals surface area contributed by atoms with Crippen molar-refractivity contribution >= 4 is 17.7 Å². The largest absolute Gasteiger partial charge is 0.378 e. The van der Waals surface area contributed by atoms with Crippen molar-refractivity contribution in [1.29, 1.82) is 0 Å². The number of amides is 1. The number of hydrogen-bond acceptors (Lipinski definition) is 3. The van der Waals surface area contributed by atoms with Gasteiger partial charge in [-0.25, -0.2) is 0 Å². The normalized spacial score (nSPS) is 16.6. The molecule has 0 atom stereocenters. The molecule has 1 aliphatic rings. The molecule has 1 aromatic rings. The number of carbonyl (C=O) groups excluding carboxylic acids is 1. The SMILES string of the molecule is CN1CCN(C(=O)C=Cc2ccc(N(C)C)cc2)CC1. The van der Waals surface area contributed by atoms with Gasteiger partial charge in [-0.2, -0.15) is 0 Å². The van der Waals surface area contributed by atoms with Crippen LogP contribution in [-0.2, 0) is 4.79 Å². The molecule has 0 aromatic heterocycles. The lowest BCUT2D eigenvalue weighted by molar-refractivity contribution is -0.127. The van der Waals surface area contributed by atoms with E-state index in [9.17, 15) is 4.79 Å². The standard InChI is InChI=1S/C16H23N3O/c1-17(2)15-7-4-14(5-8-15)6-9-16(20)19-12-10-18(3)11-13-19/h4-9H,10-13H2,1-3H3. The molecule has 0 bridgehead atoms. The van der Waals surface area contributed by atoms with Gasteiger partial charge in [-0.3, -0.25) is 4.79 Å². The molecule has 0 radical (unpaired) electrons. The summed E-state index contributed by atoms with van der Waals surface area (Å²) in [6.07, 6.45) is 3.57. The van der Waals surface area contributed by atoms with Gasteiger partial charge in [-0.1, -0.05) is 12.1 Å². The smallest absolute Gasteiger partial charge is 0.246 e. The summed E-state index contributed by atoms with van der Waals surface area (Å²) in [5.74, 6) is 0.106. The van der Waals surface area contributed by atoms with Gasteiger partial charge in [-0.15, -0.1) is 0 Å². The Hall–Kier alpha value is -1.81.